The molecule has 0 radical (unpaired) electrons. The summed E-state index contributed by atoms with van der Waals surface area (Å²) in [7, 11) is 0. The normalized spacial score (nSPS) is 14.3. The Balaban J connectivity index is 1.55. The van der Waals surface area contributed by atoms with Crippen LogP contribution in [0.1, 0.15) is 20.9 Å². The van der Waals surface area contributed by atoms with Gasteiger partial charge in [0.2, 0.25) is 5.88 Å². The van der Waals surface area contributed by atoms with Gasteiger partial charge in [0.15, 0.2) is 10.9 Å². The van der Waals surface area contributed by atoms with Crippen LogP contribution >= 0.6 is 22.7 Å². The van der Waals surface area contributed by atoms with Crippen LogP contribution in [0.4, 0.5) is 10.9 Å². The second kappa shape index (κ2) is 6.18. The zero-order valence-electron chi connectivity index (χ0n) is 12.9. The molecule has 2 N–H and O–H groups in total. The standard InChI is InChI=1S/C17H14N4OS2/c1-10-4-6-23-14(10)9-20-17-21-16(22)13(24-17)7-11-8-19-15-12(11)3-2-5-18-15/h2-8,22H,9H2,1H3,(H,20,21)/b11-7+. The number of thiazole rings is 1. The third-order valence-electron chi connectivity index (χ3n) is 3.71. The fraction of sp³-hybridized carbons (Fsp3) is 0.118. The molecule has 0 atom stereocenters. The number of aromatic nitrogens is 2. The maximum absolute atomic E-state index is 10.1. The van der Waals surface area contributed by atoms with Crippen LogP contribution < -0.4 is 5.32 Å². The van der Waals surface area contributed by atoms with Gasteiger partial charge < -0.3 is 10.4 Å². The van der Waals surface area contributed by atoms with E-state index in [1.807, 2.05) is 18.2 Å². The molecule has 0 saturated carbocycles. The highest BCUT2D eigenvalue weighted by molar-refractivity contribution is 7.16. The monoisotopic (exact) mass is 354 g/mol. The average Bonchev–Trinajstić information content (AvgIpc) is 3.27. The first-order chi connectivity index (χ1) is 11.7. The molecule has 0 aliphatic carbocycles. The summed E-state index contributed by atoms with van der Waals surface area (Å²) in [5.74, 6) is 0.739. The zero-order chi connectivity index (χ0) is 16.5. The first-order valence-corrected chi connectivity index (χ1v) is 9.08. The Hall–Kier alpha value is -2.51. The van der Waals surface area contributed by atoms with E-state index < -0.39 is 0 Å². The van der Waals surface area contributed by atoms with Gasteiger partial charge in [0.05, 0.1) is 11.4 Å². The van der Waals surface area contributed by atoms with Gasteiger partial charge in [0.1, 0.15) is 0 Å². The average molecular weight is 354 g/mol. The fourth-order valence-electron chi connectivity index (χ4n) is 2.42. The van der Waals surface area contributed by atoms with Gasteiger partial charge in [-0.2, -0.15) is 4.98 Å². The molecule has 0 spiro atoms. The van der Waals surface area contributed by atoms with Crippen molar-refractivity contribution in [2.45, 2.75) is 13.5 Å². The van der Waals surface area contributed by atoms with E-state index in [2.05, 4.69) is 38.6 Å². The van der Waals surface area contributed by atoms with Crippen molar-refractivity contribution in [1.82, 2.24) is 9.97 Å². The van der Waals surface area contributed by atoms with Gasteiger partial charge in [-0.3, -0.25) is 0 Å². The molecule has 3 aromatic rings. The first kappa shape index (κ1) is 15.0. The molecular formula is C17H14N4OS2. The van der Waals surface area contributed by atoms with Crippen molar-refractivity contribution in [3.63, 3.8) is 0 Å². The van der Waals surface area contributed by atoms with E-state index in [1.54, 1.807) is 23.7 Å². The predicted octanol–water partition coefficient (Wildman–Crippen LogP) is 4.48. The lowest BCUT2D eigenvalue weighted by atomic mass is 10.1. The second-order valence-electron chi connectivity index (χ2n) is 5.32. The predicted molar refractivity (Wildman–Crippen MR) is 100 cm³/mol. The van der Waals surface area contributed by atoms with E-state index in [-0.39, 0.29) is 5.88 Å². The van der Waals surface area contributed by atoms with Crippen LogP contribution in [0.15, 0.2) is 34.8 Å². The number of aromatic hydroxyl groups is 1. The molecule has 4 rings (SSSR count). The van der Waals surface area contributed by atoms with E-state index in [9.17, 15) is 5.11 Å². The van der Waals surface area contributed by atoms with E-state index in [4.69, 9.17) is 0 Å². The van der Waals surface area contributed by atoms with Crippen LogP contribution in [0.5, 0.6) is 5.88 Å². The van der Waals surface area contributed by atoms with Crippen molar-refractivity contribution >= 4 is 51.5 Å². The number of rotatable bonds is 4. The molecule has 0 saturated heterocycles. The molecule has 0 bridgehead atoms. The third kappa shape index (κ3) is 2.83. The number of nitrogens with zero attached hydrogens (tertiary/aromatic N) is 3. The molecule has 1 aliphatic heterocycles. The lowest BCUT2D eigenvalue weighted by Crippen LogP contribution is -1.97. The minimum Gasteiger partial charge on any atom is -0.492 e. The summed E-state index contributed by atoms with van der Waals surface area (Å²) in [6.45, 7) is 2.80. The highest BCUT2D eigenvalue weighted by atomic mass is 32.1. The van der Waals surface area contributed by atoms with Crippen molar-refractivity contribution in [2.24, 2.45) is 4.99 Å². The molecule has 120 valence electrons. The summed E-state index contributed by atoms with van der Waals surface area (Å²) in [6.07, 6.45) is 5.38. The summed E-state index contributed by atoms with van der Waals surface area (Å²) in [6, 6.07) is 5.95. The molecule has 0 aromatic carbocycles. The van der Waals surface area contributed by atoms with Gasteiger partial charge in [0, 0.05) is 28.4 Å². The summed E-state index contributed by atoms with van der Waals surface area (Å²) in [5.41, 5.74) is 3.16. The van der Waals surface area contributed by atoms with Crippen molar-refractivity contribution in [1.29, 1.82) is 0 Å². The maximum Gasteiger partial charge on any atom is 0.231 e. The van der Waals surface area contributed by atoms with Gasteiger partial charge in [-0.05, 0) is 42.1 Å². The van der Waals surface area contributed by atoms with Crippen LogP contribution in [0.25, 0.3) is 11.6 Å². The molecule has 0 unspecified atom stereocenters. The summed E-state index contributed by atoms with van der Waals surface area (Å²) >= 11 is 3.14. The van der Waals surface area contributed by atoms with Gasteiger partial charge >= 0.3 is 0 Å². The third-order valence-corrected chi connectivity index (χ3v) is 5.69. The van der Waals surface area contributed by atoms with Crippen molar-refractivity contribution in [3.05, 3.63) is 50.7 Å². The Labute approximate surface area is 147 Å². The number of hydrogen-bond acceptors (Lipinski definition) is 7. The number of nitrogens with one attached hydrogen (secondary N) is 1. The maximum atomic E-state index is 10.1. The number of thiophene rings is 1. The Bertz CT molecular complexity index is 955. The van der Waals surface area contributed by atoms with Crippen LogP contribution in [-0.2, 0) is 6.54 Å². The summed E-state index contributed by atoms with van der Waals surface area (Å²) in [5, 5.41) is 16.2. The molecule has 0 amide bonds. The van der Waals surface area contributed by atoms with Crippen molar-refractivity contribution < 1.29 is 5.11 Å². The number of hydrogen-bond donors (Lipinski definition) is 2. The van der Waals surface area contributed by atoms with E-state index in [1.165, 1.54) is 21.8 Å². The highest BCUT2D eigenvalue weighted by Gasteiger charge is 2.15. The number of anilines is 1. The zero-order valence-corrected chi connectivity index (χ0v) is 14.5. The number of pyridine rings is 1. The van der Waals surface area contributed by atoms with Gasteiger partial charge in [-0.15, -0.1) is 11.3 Å². The molecular weight excluding hydrogens is 340 g/mol. The number of aryl methyl sites for hydroxylation is 1. The fourth-order valence-corrected chi connectivity index (χ4v) is 4.07. The second-order valence-corrected chi connectivity index (χ2v) is 7.35. The largest absolute Gasteiger partial charge is 0.492 e. The Kier molecular flexibility index (Phi) is 3.87. The minimum atomic E-state index is 0.0311. The highest BCUT2D eigenvalue weighted by Crippen LogP contribution is 2.35. The molecule has 0 fully saturated rings. The Morgan fingerprint density at radius 3 is 3.08 bits per heavy atom. The molecule has 7 heteroatoms. The first-order valence-electron chi connectivity index (χ1n) is 7.38. The summed E-state index contributed by atoms with van der Waals surface area (Å²) in [4.78, 5) is 14.7. The number of allylic oxidation sites excluding steroid dienone is 1. The van der Waals surface area contributed by atoms with E-state index in [0.29, 0.717) is 22.4 Å². The number of fused-ring (bicyclic) bond motifs is 1. The van der Waals surface area contributed by atoms with Gasteiger partial charge in [0.25, 0.3) is 0 Å². The molecule has 24 heavy (non-hydrogen) atoms. The van der Waals surface area contributed by atoms with E-state index in [0.717, 1.165) is 11.1 Å². The molecule has 4 heterocycles. The topological polar surface area (TPSA) is 70.4 Å². The van der Waals surface area contributed by atoms with Gasteiger partial charge in [-0.25, -0.2) is 9.98 Å². The van der Waals surface area contributed by atoms with Gasteiger partial charge in [-0.1, -0.05) is 11.3 Å². The Morgan fingerprint density at radius 2 is 2.25 bits per heavy atom. The van der Waals surface area contributed by atoms with Crippen LogP contribution in [-0.4, -0.2) is 21.3 Å². The SMILES string of the molecule is Cc1ccsc1CNc1nc(O)c(/C=C2\C=Nc3ncccc32)s1. The quantitative estimate of drug-likeness (QED) is 0.724. The van der Waals surface area contributed by atoms with Crippen LogP contribution in [0.3, 0.4) is 0 Å². The molecule has 5 nitrogen and oxygen atoms in total. The lowest BCUT2D eigenvalue weighted by molar-refractivity contribution is 0.456. The molecule has 3 aromatic heterocycles. The Morgan fingerprint density at radius 1 is 1.33 bits per heavy atom. The lowest BCUT2D eigenvalue weighted by Gasteiger charge is -2.00. The van der Waals surface area contributed by atoms with E-state index >= 15 is 0 Å². The van der Waals surface area contributed by atoms with Crippen molar-refractivity contribution in [3.8, 4) is 5.88 Å². The molecule has 1 aliphatic rings. The van der Waals surface area contributed by atoms with Crippen LogP contribution in [0, 0.1) is 6.92 Å². The van der Waals surface area contributed by atoms with Crippen molar-refractivity contribution in [2.75, 3.05) is 5.32 Å². The van der Waals surface area contributed by atoms with Crippen LogP contribution in [0.2, 0.25) is 0 Å². The minimum absolute atomic E-state index is 0.0311. The number of aliphatic imine (C=N–C) groups is 1. The summed E-state index contributed by atoms with van der Waals surface area (Å²) < 4.78 is 0. The smallest absolute Gasteiger partial charge is 0.231 e.